The molecular weight excluding hydrogens is 234 g/mol. The highest BCUT2D eigenvalue weighted by atomic mass is 16.6. The van der Waals surface area contributed by atoms with E-state index < -0.39 is 17.0 Å². The zero-order chi connectivity index (χ0) is 14.0. The number of hydrogen-bond donors (Lipinski definition) is 1. The third-order valence-corrected chi connectivity index (χ3v) is 3.20. The third-order valence-electron chi connectivity index (χ3n) is 3.20. The molecular formula is C13H23NO4. The molecule has 0 radical (unpaired) electrons. The predicted molar refractivity (Wildman–Crippen MR) is 67.4 cm³/mol. The van der Waals surface area contributed by atoms with Crippen molar-refractivity contribution in [3.63, 3.8) is 0 Å². The Morgan fingerprint density at radius 2 is 1.89 bits per heavy atom. The van der Waals surface area contributed by atoms with E-state index >= 15 is 0 Å². The van der Waals surface area contributed by atoms with Crippen molar-refractivity contribution in [2.75, 3.05) is 13.1 Å². The highest BCUT2D eigenvalue weighted by molar-refractivity contribution is 5.77. The second kappa shape index (κ2) is 5.16. The summed E-state index contributed by atoms with van der Waals surface area (Å²) >= 11 is 0. The minimum absolute atomic E-state index is 0.369. The van der Waals surface area contributed by atoms with Gasteiger partial charge in [-0.25, -0.2) is 4.79 Å². The van der Waals surface area contributed by atoms with E-state index in [1.54, 1.807) is 4.90 Å². The van der Waals surface area contributed by atoms with Gasteiger partial charge in [0, 0.05) is 13.1 Å². The van der Waals surface area contributed by atoms with Crippen LogP contribution in [-0.2, 0) is 9.53 Å². The Kier molecular flexibility index (Phi) is 4.24. The molecule has 1 aliphatic carbocycles. The maximum atomic E-state index is 11.9. The monoisotopic (exact) mass is 257 g/mol. The van der Waals surface area contributed by atoms with Crippen molar-refractivity contribution in [2.24, 2.45) is 5.41 Å². The summed E-state index contributed by atoms with van der Waals surface area (Å²) in [5.74, 6) is -0.747. The molecule has 5 nitrogen and oxygen atoms in total. The van der Waals surface area contributed by atoms with Gasteiger partial charge in [-0.1, -0.05) is 0 Å². The molecule has 1 fully saturated rings. The molecule has 1 N–H and O–H groups in total. The largest absolute Gasteiger partial charge is 0.481 e. The summed E-state index contributed by atoms with van der Waals surface area (Å²) in [7, 11) is 0. The minimum atomic E-state index is -0.747. The standard InChI is InChI=1S/C13H23NO4/c1-5-14(11(17)18-12(2,3)4)9-8-13(6-7-13)10(15)16/h5-9H2,1-4H3,(H,15,16). The summed E-state index contributed by atoms with van der Waals surface area (Å²) in [6.07, 6.45) is 1.57. The first kappa shape index (κ1) is 14.8. The molecule has 1 aliphatic rings. The van der Waals surface area contributed by atoms with Crippen LogP contribution in [-0.4, -0.2) is 40.8 Å². The van der Waals surface area contributed by atoms with Crippen molar-refractivity contribution in [3.05, 3.63) is 0 Å². The van der Waals surface area contributed by atoms with Crippen LogP contribution in [0.4, 0.5) is 4.79 Å². The Morgan fingerprint density at radius 1 is 1.33 bits per heavy atom. The lowest BCUT2D eigenvalue weighted by Gasteiger charge is -2.27. The first-order valence-corrected chi connectivity index (χ1v) is 6.41. The van der Waals surface area contributed by atoms with E-state index in [2.05, 4.69) is 0 Å². The van der Waals surface area contributed by atoms with Crippen molar-refractivity contribution in [2.45, 2.75) is 52.6 Å². The highest BCUT2D eigenvalue weighted by Gasteiger charge is 2.49. The van der Waals surface area contributed by atoms with E-state index in [1.165, 1.54) is 0 Å². The summed E-state index contributed by atoms with van der Waals surface area (Å²) in [6.45, 7) is 8.29. The van der Waals surface area contributed by atoms with Crippen LogP contribution in [0.25, 0.3) is 0 Å². The summed E-state index contributed by atoms with van der Waals surface area (Å²) < 4.78 is 5.28. The topological polar surface area (TPSA) is 66.8 Å². The van der Waals surface area contributed by atoms with Gasteiger partial charge in [-0.3, -0.25) is 4.79 Å². The molecule has 0 aromatic carbocycles. The maximum Gasteiger partial charge on any atom is 0.410 e. The van der Waals surface area contributed by atoms with Gasteiger partial charge in [0.2, 0.25) is 0 Å². The third kappa shape index (κ3) is 3.89. The van der Waals surface area contributed by atoms with Gasteiger partial charge in [-0.15, -0.1) is 0 Å². The number of carboxylic acids is 1. The second-order valence-corrected chi connectivity index (χ2v) is 5.90. The Morgan fingerprint density at radius 3 is 2.22 bits per heavy atom. The molecule has 0 aromatic heterocycles. The van der Waals surface area contributed by atoms with E-state index in [0.29, 0.717) is 32.4 Å². The van der Waals surface area contributed by atoms with Crippen molar-refractivity contribution in [1.29, 1.82) is 0 Å². The zero-order valence-electron chi connectivity index (χ0n) is 11.7. The Hall–Kier alpha value is -1.26. The van der Waals surface area contributed by atoms with Gasteiger partial charge in [-0.2, -0.15) is 0 Å². The van der Waals surface area contributed by atoms with Gasteiger partial charge >= 0.3 is 12.1 Å². The molecule has 0 bridgehead atoms. The second-order valence-electron chi connectivity index (χ2n) is 5.90. The number of carbonyl (C=O) groups is 2. The summed E-state index contributed by atoms with van der Waals surface area (Å²) in [4.78, 5) is 24.5. The molecule has 104 valence electrons. The van der Waals surface area contributed by atoms with Gasteiger partial charge in [-0.05, 0) is 47.0 Å². The Labute approximate surface area is 108 Å². The average Bonchev–Trinajstić information content (AvgIpc) is 2.96. The lowest BCUT2D eigenvalue weighted by atomic mass is 10.0. The van der Waals surface area contributed by atoms with E-state index in [1.807, 2.05) is 27.7 Å². The van der Waals surface area contributed by atoms with E-state index in [-0.39, 0.29) is 6.09 Å². The molecule has 0 aromatic rings. The SMILES string of the molecule is CCN(CCC1(C(=O)O)CC1)C(=O)OC(C)(C)C. The minimum Gasteiger partial charge on any atom is -0.481 e. The van der Waals surface area contributed by atoms with Crippen LogP contribution in [0.15, 0.2) is 0 Å². The number of nitrogens with zero attached hydrogens (tertiary/aromatic N) is 1. The lowest BCUT2D eigenvalue weighted by Crippen LogP contribution is -2.38. The van der Waals surface area contributed by atoms with Gasteiger partial charge in [0.25, 0.3) is 0 Å². The number of carbonyl (C=O) groups excluding carboxylic acids is 1. The zero-order valence-corrected chi connectivity index (χ0v) is 11.7. The highest BCUT2D eigenvalue weighted by Crippen LogP contribution is 2.49. The van der Waals surface area contributed by atoms with Gasteiger partial charge in [0.1, 0.15) is 5.60 Å². The number of aliphatic carboxylic acids is 1. The van der Waals surface area contributed by atoms with Crippen LogP contribution in [0.3, 0.4) is 0 Å². The van der Waals surface area contributed by atoms with E-state index in [9.17, 15) is 9.59 Å². The molecule has 1 amide bonds. The fourth-order valence-electron chi connectivity index (χ4n) is 1.78. The Balaban J connectivity index is 2.48. The van der Waals surface area contributed by atoms with E-state index in [0.717, 1.165) is 0 Å². The van der Waals surface area contributed by atoms with Crippen LogP contribution < -0.4 is 0 Å². The van der Waals surface area contributed by atoms with Crippen LogP contribution in [0, 0.1) is 5.41 Å². The molecule has 0 saturated heterocycles. The van der Waals surface area contributed by atoms with Crippen molar-refractivity contribution < 1.29 is 19.4 Å². The predicted octanol–water partition coefficient (Wildman–Crippen LogP) is 2.50. The number of hydrogen-bond acceptors (Lipinski definition) is 3. The van der Waals surface area contributed by atoms with Crippen LogP contribution in [0.2, 0.25) is 0 Å². The van der Waals surface area contributed by atoms with Crippen molar-refractivity contribution in [3.8, 4) is 0 Å². The Bertz CT molecular complexity index is 328. The molecule has 0 atom stereocenters. The first-order valence-electron chi connectivity index (χ1n) is 6.41. The molecule has 0 aliphatic heterocycles. The molecule has 18 heavy (non-hydrogen) atoms. The quantitative estimate of drug-likeness (QED) is 0.821. The number of rotatable bonds is 5. The molecule has 0 heterocycles. The summed E-state index contributed by atoms with van der Waals surface area (Å²) in [5.41, 5.74) is -1.11. The normalized spacial score (nSPS) is 17.1. The van der Waals surface area contributed by atoms with Crippen LogP contribution >= 0.6 is 0 Å². The summed E-state index contributed by atoms with van der Waals surface area (Å²) in [6, 6.07) is 0. The molecule has 5 heteroatoms. The fraction of sp³-hybridized carbons (Fsp3) is 0.846. The fourth-order valence-corrected chi connectivity index (χ4v) is 1.78. The maximum absolute atomic E-state index is 11.9. The van der Waals surface area contributed by atoms with Gasteiger partial charge in [0.05, 0.1) is 5.41 Å². The molecule has 1 rings (SSSR count). The number of amides is 1. The number of carboxylic acid groups (broad SMARTS) is 1. The number of ether oxygens (including phenoxy) is 1. The van der Waals surface area contributed by atoms with Gasteiger partial charge in [0.15, 0.2) is 0 Å². The van der Waals surface area contributed by atoms with Crippen molar-refractivity contribution in [1.82, 2.24) is 4.90 Å². The first-order chi connectivity index (χ1) is 8.20. The molecule has 1 saturated carbocycles. The van der Waals surface area contributed by atoms with Crippen LogP contribution in [0.5, 0.6) is 0 Å². The smallest absolute Gasteiger partial charge is 0.410 e. The van der Waals surface area contributed by atoms with Gasteiger partial charge < -0.3 is 14.7 Å². The van der Waals surface area contributed by atoms with Crippen LogP contribution in [0.1, 0.15) is 47.0 Å². The molecule has 0 spiro atoms. The van der Waals surface area contributed by atoms with E-state index in [4.69, 9.17) is 9.84 Å². The molecule has 0 unspecified atom stereocenters. The lowest BCUT2D eigenvalue weighted by molar-refractivity contribution is -0.143. The summed E-state index contributed by atoms with van der Waals surface area (Å²) in [5, 5.41) is 9.08. The average molecular weight is 257 g/mol. The van der Waals surface area contributed by atoms with Crippen molar-refractivity contribution >= 4 is 12.1 Å².